The molecule has 2 N–H and O–H groups in total. The van der Waals surface area contributed by atoms with Gasteiger partial charge < -0.3 is 9.47 Å². The van der Waals surface area contributed by atoms with E-state index in [1.807, 2.05) is 39.0 Å². The highest BCUT2D eigenvalue weighted by Gasteiger charge is 2.23. The zero-order chi connectivity index (χ0) is 14.8. The van der Waals surface area contributed by atoms with Crippen molar-refractivity contribution in [1.82, 2.24) is 10.9 Å². The number of hydrazine groups is 1. The van der Waals surface area contributed by atoms with Crippen molar-refractivity contribution in [3.63, 3.8) is 0 Å². The molecular formula is C14H19BrN2O3. The second-order valence-corrected chi connectivity index (χ2v) is 6.56. The largest absolute Gasteiger partial charge is 0.493 e. The highest BCUT2D eigenvalue weighted by Crippen LogP contribution is 2.33. The van der Waals surface area contributed by atoms with Gasteiger partial charge in [-0.25, -0.2) is 10.2 Å². The first kappa shape index (κ1) is 15.1. The van der Waals surface area contributed by atoms with Gasteiger partial charge in [0.15, 0.2) is 0 Å². The van der Waals surface area contributed by atoms with Gasteiger partial charge in [-0.15, -0.1) is 0 Å². The van der Waals surface area contributed by atoms with Gasteiger partial charge in [-0.3, -0.25) is 5.43 Å². The predicted molar refractivity (Wildman–Crippen MR) is 79.5 cm³/mol. The molecule has 1 aliphatic heterocycles. The number of hydrogen-bond acceptors (Lipinski definition) is 4. The number of carbonyl (C=O) groups excluding carboxylic acids is 1. The zero-order valence-corrected chi connectivity index (χ0v) is 13.4. The number of amides is 1. The van der Waals surface area contributed by atoms with Gasteiger partial charge in [-0.1, -0.05) is 15.9 Å². The lowest BCUT2D eigenvalue weighted by Gasteiger charge is -2.27. The highest BCUT2D eigenvalue weighted by molar-refractivity contribution is 9.10. The van der Waals surface area contributed by atoms with Crippen LogP contribution in [0.1, 0.15) is 38.8 Å². The summed E-state index contributed by atoms with van der Waals surface area (Å²) in [6, 6.07) is 5.84. The van der Waals surface area contributed by atoms with E-state index < -0.39 is 11.7 Å². The van der Waals surface area contributed by atoms with Crippen LogP contribution >= 0.6 is 15.9 Å². The van der Waals surface area contributed by atoms with E-state index in [1.165, 1.54) is 0 Å². The average molecular weight is 343 g/mol. The van der Waals surface area contributed by atoms with Gasteiger partial charge in [-0.05, 0) is 39.0 Å². The number of benzene rings is 1. The molecule has 1 unspecified atom stereocenters. The molecule has 5 nitrogen and oxygen atoms in total. The molecule has 1 heterocycles. The van der Waals surface area contributed by atoms with Crippen molar-refractivity contribution in [2.24, 2.45) is 0 Å². The summed E-state index contributed by atoms with van der Waals surface area (Å²) < 4.78 is 11.8. The van der Waals surface area contributed by atoms with Crippen molar-refractivity contribution in [3.8, 4) is 5.75 Å². The molecule has 0 aromatic heterocycles. The standard InChI is InChI=1S/C14H19BrN2O3/c1-14(2,3)20-13(18)17-16-11-6-7-19-12-5-4-9(15)8-10(11)12/h4-5,8,11,16H,6-7H2,1-3H3,(H,17,18). The van der Waals surface area contributed by atoms with E-state index in [9.17, 15) is 4.79 Å². The normalized spacial score (nSPS) is 17.9. The zero-order valence-electron chi connectivity index (χ0n) is 11.8. The minimum atomic E-state index is -0.512. The maximum atomic E-state index is 11.6. The van der Waals surface area contributed by atoms with Gasteiger partial charge in [0.05, 0.1) is 12.6 Å². The minimum absolute atomic E-state index is 0.00349. The van der Waals surface area contributed by atoms with Gasteiger partial charge in [-0.2, -0.15) is 0 Å². The Balaban J connectivity index is 1.98. The first-order chi connectivity index (χ1) is 9.35. The van der Waals surface area contributed by atoms with Gasteiger partial charge in [0.1, 0.15) is 11.4 Å². The summed E-state index contributed by atoms with van der Waals surface area (Å²) in [6.45, 7) is 6.09. The van der Waals surface area contributed by atoms with Crippen LogP contribution in [0.2, 0.25) is 0 Å². The molecule has 1 amide bonds. The van der Waals surface area contributed by atoms with Crippen molar-refractivity contribution in [2.75, 3.05) is 6.61 Å². The van der Waals surface area contributed by atoms with E-state index in [0.29, 0.717) is 6.61 Å². The Hall–Kier alpha value is -1.27. The number of halogens is 1. The second kappa shape index (κ2) is 6.01. The number of fused-ring (bicyclic) bond motifs is 1. The third kappa shape index (κ3) is 4.11. The van der Waals surface area contributed by atoms with Crippen LogP contribution in [0.5, 0.6) is 5.75 Å². The van der Waals surface area contributed by atoms with Crippen LogP contribution < -0.4 is 15.6 Å². The summed E-state index contributed by atoms with van der Waals surface area (Å²) >= 11 is 3.44. The molecule has 0 aliphatic carbocycles. The fourth-order valence-electron chi connectivity index (χ4n) is 1.96. The lowest BCUT2D eigenvalue weighted by atomic mass is 10.0. The Bertz CT molecular complexity index is 500. The summed E-state index contributed by atoms with van der Waals surface area (Å²) in [5.74, 6) is 0.836. The van der Waals surface area contributed by atoms with Crippen molar-refractivity contribution in [2.45, 2.75) is 38.8 Å². The monoisotopic (exact) mass is 342 g/mol. The second-order valence-electron chi connectivity index (χ2n) is 5.64. The number of ether oxygens (including phenoxy) is 2. The van der Waals surface area contributed by atoms with Crippen LogP contribution in [0.25, 0.3) is 0 Å². The smallest absolute Gasteiger partial charge is 0.422 e. The van der Waals surface area contributed by atoms with Gasteiger partial charge >= 0.3 is 6.09 Å². The Morgan fingerprint density at radius 1 is 1.45 bits per heavy atom. The molecule has 110 valence electrons. The van der Waals surface area contributed by atoms with Crippen LogP contribution in [0, 0.1) is 0 Å². The van der Waals surface area contributed by atoms with E-state index in [0.717, 1.165) is 22.2 Å². The number of nitrogens with one attached hydrogen (secondary N) is 2. The molecule has 0 radical (unpaired) electrons. The summed E-state index contributed by atoms with van der Waals surface area (Å²) in [7, 11) is 0. The molecule has 0 bridgehead atoms. The average Bonchev–Trinajstić information content (AvgIpc) is 2.34. The van der Waals surface area contributed by atoms with Crippen molar-refractivity contribution in [3.05, 3.63) is 28.2 Å². The van der Waals surface area contributed by atoms with E-state index >= 15 is 0 Å². The Morgan fingerprint density at radius 2 is 2.20 bits per heavy atom. The molecule has 0 spiro atoms. The lowest BCUT2D eigenvalue weighted by Crippen LogP contribution is -2.44. The first-order valence-corrected chi connectivity index (χ1v) is 7.31. The highest BCUT2D eigenvalue weighted by atomic mass is 79.9. The fraction of sp³-hybridized carbons (Fsp3) is 0.500. The van der Waals surface area contributed by atoms with Crippen molar-refractivity contribution in [1.29, 1.82) is 0 Å². The Kier molecular flexibility index (Phi) is 4.55. The topological polar surface area (TPSA) is 59.6 Å². The number of rotatable bonds is 2. The number of hydrogen-bond donors (Lipinski definition) is 2. The molecule has 0 saturated heterocycles. The maximum absolute atomic E-state index is 11.6. The summed E-state index contributed by atoms with van der Waals surface area (Å²) in [5, 5.41) is 0. The Labute approximate surface area is 127 Å². The van der Waals surface area contributed by atoms with E-state index in [-0.39, 0.29) is 6.04 Å². The van der Waals surface area contributed by atoms with Gasteiger partial charge in [0, 0.05) is 16.5 Å². The maximum Gasteiger partial charge on any atom is 0.422 e. The molecule has 2 rings (SSSR count). The SMILES string of the molecule is CC(C)(C)OC(=O)NNC1CCOc2ccc(Br)cc21. The predicted octanol–water partition coefficient (Wildman–Crippen LogP) is 3.30. The molecule has 20 heavy (non-hydrogen) atoms. The molecule has 1 aromatic rings. The van der Waals surface area contributed by atoms with Gasteiger partial charge in [0.2, 0.25) is 0 Å². The number of carbonyl (C=O) groups is 1. The Morgan fingerprint density at radius 3 is 2.90 bits per heavy atom. The molecular weight excluding hydrogens is 324 g/mol. The molecule has 1 atom stereocenters. The van der Waals surface area contributed by atoms with Crippen LogP contribution in [-0.4, -0.2) is 18.3 Å². The van der Waals surface area contributed by atoms with Crippen molar-refractivity contribution >= 4 is 22.0 Å². The third-order valence-corrected chi connectivity index (χ3v) is 3.25. The van der Waals surface area contributed by atoms with Crippen LogP contribution in [0.15, 0.2) is 22.7 Å². The van der Waals surface area contributed by atoms with Crippen LogP contribution in [0.3, 0.4) is 0 Å². The van der Waals surface area contributed by atoms with Crippen LogP contribution in [-0.2, 0) is 4.74 Å². The molecule has 1 aromatic carbocycles. The van der Waals surface area contributed by atoms with E-state index in [2.05, 4.69) is 26.8 Å². The lowest BCUT2D eigenvalue weighted by molar-refractivity contribution is 0.0481. The summed E-state index contributed by atoms with van der Waals surface area (Å²) in [6.07, 6.45) is 0.291. The quantitative estimate of drug-likeness (QED) is 0.809. The summed E-state index contributed by atoms with van der Waals surface area (Å²) in [4.78, 5) is 11.6. The fourth-order valence-corrected chi connectivity index (χ4v) is 2.34. The third-order valence-electron chi connectivity index (χ3n) is 2.76. The molecule has 6 heteroatoms. The molecule has 0 fully saturated rings. The first-order valence-electron chi connectivity index (χ1n) is 6.52. The van der Waals surface area contributed by atoms with E-state index in [4.69, 9.17) is 9.47 Å². The van der Waals surface area contributed by atoms with Gasteiger partial charge in [0.25, 0.3) is 0 Å². The minimum Gasteiger partial charge on any atom is -0.493 e. The van der Waals surface area contributed by atoms with Crippen LogP contribution in [0.4, 0.5) is 4.79 Å². The summed E-state index contributed by atoms with van der Waals surface area (Å²) in [5.41, 5.74) is 6.09. The van der Waals surface area contributed by atoms with Crippen molar-refractivity contribution < 1.29 is 14.3 Å². The molecule has 1 aliphatic rings. The molecule has 0 saturated carbocycles. The van der Waals surface area contributed by atoms with E-state index in [1.54, 1.807) is 0 Å².